The Morgan fingerprint density at radius 1 is 0.357 bits per heavy atom. The SMILES string of the molecule is c1ccc(-n2c(-c3ccc(N(c4ccc5c(c4)oc4c6ccccc6ccc54)c4ccc5c(c4)oc4c6ccccc6ccc54)cc3)cc3ccccc32)cc1. The predicted molar refractivity (Wildman–Crippen MR) is 233 cm³/mol. The van der Waals surface area contributed by atoms with Crippen molar-refractivity contribution in [2.45, 2.75) is 0 Å². The fraction of sp³-hybridized carbons (Fsp3) is 0. The molecule has 0 aliphatic heterocycles. The molecular weight excluding hydrogens is 685 g/mol. The number of fused-ring (bicyclic) bond motifs is 11. The van der Waals surface area contributed by atoms with Gasteiger partial charge in [0.25, 0.3) is 0 Å². The van der Waals surface area contributed by atoms with Gasteiger partial charge in [0.1, 0.15) is 22.3 Å². The van der Waals surface area contributed by atoms with Gasteiger partial charge in [-0.05, 0) is 89.1 Å². The molecule has 0 saturated heterocycles. The summed E-state index contributed by atoms with van der Waals surface area (Å²) in [6.07, 6.45) is 0. The molecule has 0 saturated carbocycles. The van der Waals surface area contributed by atoms with E-state index in [1.165, 1.54) is 21.7 Å². The number of hydrogen-bond donors (Lipinski definition) is 0. The maximum absolute atomic E-state index is 6.69. The monoisotopic (exact) mass is 716 g/mol. The largest absolute Gasteiger partial charge is 0.455 e. The van der Waals surface area contributed by atoms with Crippen LogP contribution in [0, 0.1) is 0 Å². The van der Waals surface area contributed by atoms with Crippen molar-refractivity contribution in [3.05, 3.63) is 194 Å². The summed E-state index contributed by atoms with van der Waals surface area (Å²) in [5.41, 5.74) is 11.1. The van der Waals surface area contributed by atoms with Crippen molar-refractivity contribution in [1.29, 1.82) is 0 Å². The van der Waals surface area contributed by atoms with Gasteiger partial charge in [0.15, 0.2) is 0 Å². The molecule has 3 heterocycles. The fourth-order valence-electron chi connectivity index (χ4n) is 8.72. The van der Waals surface area contributed by atoms with Crippen molar-refractivity contribution in [1.82, 2.24) is 4.57 Å². The second-order valence-electron chi connectivity index (χ2n) is 14.5. The maximum Gasteiger partial charge on any atom is 0.143 e. The van der Waals surface area contributed by atoms with E-state index in [2.05, 4.69) is 204 Å². The van der Waals surface area contributed by atoms with Crippen molar-refractivity contribution >= 4 is 93.4 Å². The molecule has 4 heteroatoms. The van der Waals surface area contributed by atoms with Gasteiger partial charge in [-0.1, -0.05) is 109 Å². The van der Waals surface area contributed by atoms with Crippen molar-refractivity contribution in [2.75, 3.05) is 4.90 Å². The summed E-state index contributed by atoms with van der Waals surface area (Å²) >= 11 is 0. The van der Waals surface area contributed by atoms with Crippen LogP contribution in [0.5, 0.6) is 0 Å². The van der Waals surface area contributed by atoms with Crippen molar-refractivity contribution in [3.8, 4) is 16.9 Å². The van der Waals surface area contributed by atoms with Crippen molar-refractivity contribution in [2.24, 2.45) is 0 Å². The first-order valence-electron chi connectivity index (χ1n) is 19.0. The van der Waals surface area contributed by atoms with E-state index in [0.29, 0.717) is 0 Å². The van der Waals surface area contributed by atoms with E-state index in [1.54, 1.807) is 0 Å². The van der Waals surface area contributed by atoms with Gasteiger partial charge < -0.3 is 18.3 Å². The lowest BCUT2D eigenvalue weighted by Gasteiger charge is -2.25. The Morgan fingerprint density at radius 3 is 1.46 bits per heavy atom. The minimum atomic E-state index is 0.846. The molecule has 3 aromatic heterocycles. The van der Waals surface area contributed by atoms with E-state index in [0.717, 1.165) is 88.7 Å². The first-order chi connectivity index (χ1) is 27.7. The van der Waals surface area contributed by atoms with Crippen LogP contribution in [0.15, 0.2) is 203 Å². The highest BCUT2D eigenvalue weighted by atomic mass is 16.3. The summed E-state index contributed by atoms with van der Waals surface area (Å²) in [6.45, 7) is 0. The third-order valence-electron chi connectivity index (χ3n) is 11.4. The lowest BCUT2D eigenvalue weighted by Crippen LogP contribution is -2.09. The highest BCUT2D eigenvalue weighted by Crippen LogP contribution is 2.43. The van der Waals surface area contributed by atoms with E-state index < -0.39 is 0 Å². The highest BCUT2D eigenvalue weighted by Gasteiger charge is 2.20. The van der Waals surface area contributed by atoms with Crippen LogP contribution in [-0.4, -0.2) is 4.57 Å². The average Bonchev–Trinajstić information content (AvgIpc) is 3.96. The highest BCUT2D eigenvalue weighted by molar-refractivity contribution is 6.17. The zero-order valence-corrected chi connectivity index (χ0v) is 30.2. The van der Waals surface area contributed by atoms with Crippen LogP contribution in [0.25, 0.3) is 93.3 Å². The average molecular weight is 717 g/mol. The van der Waals surface area contributed by atoms with Crippen molar-refractivity contribution in [3.63, 3.8) is 0 Å². The molecule has 12 rings (SSSR count). The quantitative estimate of drug-likeness (QED) is 0.178. The number of furan rings is 2. The van der Waals surface area contributed by atoms with E-state index in [4.69, 9.17) is 8.83 Å². The topological polar surface area (TPSA) is 34.5 Å². The molecule has 0 amide bonds. The lowest BCUT2D eigenvalue weighted by molar-refractivity contribution is 0.672. The Balaban J connectivity index is 1.04. The van der Waals surface area contributed by atoms with Crippen LogP contribution in [0.3, 0.4) is 0 Å². The zero-order valence-electron chi connectivity index (χ0n) is 30.2. The van der Waals surface area contributed by atoms with Crippen LogP contribution < -0.4 is 4.90 Å². The smallest absolute Gasteiger partial charge is 0.143 e. The minimum absolute atomic E-state index is 0.846. The molecule has 0 spiro atoms. The number of aromatic nitrogens is 1. The van der Waals surface area contributed by atoms with Crippen LogP contribution in [0.2, 0.25) is 0 Å². The minimum Gasteiger partial charge on any atom is -0.455 e. The lowest BCUT2D eigenvalue weighted by atomic mass is 10.0. The first kappa shape index (κ1) is 30.9. The molecule has 0 N–H and O–H groups in total. The Kier molecular flexibility index (Phi) is 6.60. The zero-order chi connectivity index (χ0) is 36.7. The Hall–Kier alpha value is -7.56. The second-order valence-corrected chi connectivity index (χ2v) is 14.5. The molecule has 0 aliphatic carbocycles. The van der Waals surface area contributed by atoms with Crippen LogP contribution in [0.1, 0.15) is 0 Å². The molecule has 12 aromatic rings. The van der Waals surface area contributed by atoms with Gasteiger partial charge in [-0.3, -0.25) is 0 Å². The fourth-order valence-corrected chi connectivity index (χ4v) is 8.72. The number of rotatable bonds is 5. The number of hydrogen-bond acceptors (Lipinski definition) is 3. The number of nitrogens with zero attached hydrogens (tertiary/aromatic N) is 2. The number of benzene rings is 9. The van der Waals surface area contributed by atoms with Crippen LogP contribution >= 0.6 is 0 Å². The molecule has 0 radical (unpaired) electrons. The normalized spacial score (nSPS) is 11.9. The van der Waals surface area contributed by atoms with Gasteiger partial charge >= 0.3 is 0 Å². The summed E-state index contributed by atoms with van der Waals surface area (Å²) in [5.74, 6) is 0. The van der Waals surface area contributed by atoms with E-state index >= 15 is 0 Å². The third kappa shape index (κ3) is 4.66. The first-order valence-corrected chi connectivity index (χ1v) is 19.0. The standard InChI is InChI=1S/C52H32N2O2/c1-2-13-37(14-3-1)54-47-17-9-6-12-36(47)30-48(54)35-18-22-38(23-19-35)53(39-24-28-43-45-26-20-33-10-4-7-15-41(33)51(45)55-49(43)31-39)40-25-29-44-46-27-21-34-11-5-8-16-42(34)52(46)56-50(44)32-40/h1-32H. The summed E-state index contributed by atoms with van der Waals surface area (Å²) in [6, 6.07) is 69.0. The third-order valence-corrected chi connectivity index (χ3v) is 11.4. The Morgan fingerprint density at radius 2 is 0.857 bits per heavy atom. The summed E-state index contributed by atoms with van der Waals surface area (Å²) in [5, 5.41) is 10.2. The number of anilines is 3. The van der Waals surface area contributed by atoms with Gasteiger partial charge in [0.2, 0.25) is 0 Å². The molecular formula is C52H32N2O2. The van der Waals surface area contributed by atoms with Crippen LogP contribution in [-0.2, 0) is 0 Å². The van der Waals surface area contributed by atoms with E-state index in [1.807, 2.05) is 0 Å². The number of para-hydroxylation sites is 2. The van der Waals surface area contributed by atoms with E-state index in [9.17, 15) is 0 Å². The Bertz CT molecular complexity index is 3330. The van der Waals surface area contributed by atoms with Gasteiger partial charge in [0, 0.05) is 72.6 Å². The van der Waals surface area contributed by atoms with E-state index in [-0.39, 0.29) is 0 Å². The second kappa shape index (κ2) is 12.0. The molecule has 0 aliphatic rings. The predicted octanol–water partition coefficient (Wildman–Crippen LogP) is 14.9. The molecule has 0 atom stereocenters. The molecule has 0 bridgehead atoms. The van der Waals surface area contributed by atoms with Gasteiger partial charge in [0.05, 0.1) is 11.2 Å². The molecule has 262 valence electrons. The summed E-state index contributed by atoms with van der Waals surface area (Å²) in [4.78, 5) is 2.30. The summed E-state index contributed by atoms with van der Waals surface area (Å²) in [7, 11) is 0. The maximum atomic E-state index is 6.69. The van der Waals surface area contributed by atoms with Gasteiger partial charge in [-0.25, -0.2) is 0 Å². The molecule has 9 aromatic carbocycles. The molecule has 0 fully saturated rings. The van der Waals surface area contributed by atoms with Crippen LogP contribution in [0.4, 0.5) is 17.1 Å². The molecule has 0 unspecified atom stereocenters. The van der Waals surface area contributed by atoms with Gasteiger partial charge in [-0.15, -0.1) is 0 Å². The van der Waals surface area contributed by atoms with Gasteiger partial charge in [-0.2, -0.15) is 0 Å². The molecule has 56 heavy (non-hydrogen) atoms. The summed E-state index contributed by atoms with van der Waals surface area (Å²) < 4.78 is 15.7. The Labute approximate surface area is 321 Å². The molecule has 4 nitrogen and oxygen atoms in total. The van der Waals surface area contributed by atoms with Crippen molar-refractivity contribution < 1.29 is 8.83 Å².